The molecule has 1 atom stereocenters. The Morgan fingerprint density at radius 1 is 1.26 bits per heavy atom. The third kappa shape index (κ3) is 2.72. The van der Waals surface area contributed by atoms with Gasteiger partial charge in [-0.1, -0.05) is 0 Å². The number of anilines is 1. The summed E-state index contributed by atoms with van der Waals surface area (Å²) in [5, 5.41) is 4.11. The van der Waals surface area contributed by atoms with Gasteiger partial charge in [0.15, 0.2) is 0 Å². The van der Waals surface area contributed by atoms with Crippen LogP contribution in [0.15, 0.2) is 33.4 Å². The Hall–Kier alpha value is -1.59. The fourth-order valence-corrected chi connectivity index (χ4v) is 4.65. The zero-order valence-electron chi connectivity index (χ0n) is 13.5. The Kier molecular flexibility index (Phi) is 3.77. The number of furan rings is 1. The average molecular weight is 330 g/mol. The Bertz CT molecular complexity index is 694. The maximum atomic E-state index is 13.1. The highest BCUT2D eigenvalue weighted by molar-refractivity contribution is 7.08. The number of rotatable bonds is 3. The van der Waals surface area contributed by atoms with Crippen molar-refractivity contribution in [2.24, 2.45) is 5.41 Å². The minimum atomic E-state index is -0.193. The van der Waals surface area contributed by atoms with Gasteiger partial charge in [-0.15, -0.1) is 0 Å². The van der Waals surface area contributed by atoms with Gasteiger partial charge in [0.05, 0.1) is 17.6 Å². The Morgan fingerprint density at radius 2 is 2.17 bits per heavy atom. The van der Waals surface area contributed by atoms with Gasteiger partial charge >= 0.3 is 0 Å². The number of piperidine rings is 1. The summed E-state index contributed by atoms with van der Waals surface area (Å²) in [5.74, 6) is 2.27. The first-order valence-corrected chi connectivity index (χ1v) is 9.22. The van der Waals surface area contributed by atoms with Crippen LogP contribution in [0.4, 0.5) is 5.69 Å². The van der Waals surface area contributed by atoms with Crippen LogP contribution in [0.5, 0.6) is 0 Å². The van der Waals surface area contributed by atoms with Gasteiger partial charge in [0, 0.05) is 18.5 Å². The van der Waals surface area contributed by atoms with Crippen LogP contribution in [0.3, 0.4) is 0 Å². The number of thiophene rings is 1. The monoisotopic (exact) mass is 330 g/mol. The SMILES string of the molecule is Cc1ccc(CN2CCC[C@@]3(CCN(c4ccsc4)C3=O)C2)o1. The molecule has 2 fully saturated rings. The van der Waals surface area contributed by atoms with Gasteiger partial charge in [-0.3, -0.25) is 9.69 Å². The lowest BCUT2D eigenvalue weighted by Crippen LogP contribution is -2.47. The van der Waals surface area contributed by atoms with E-state index in [0.29, 0.717) is 5.91 Å². The Labute approximate surface area is 140 Å². The smallest absolute Gasteiger partial charge is 0.234 e. The molecule has 2 aliphatic heterocycles. The molecule has 0 bridgehead atoms. The van der Waals surface area contributed by atoms with Crippen LogP contribution >= 0.6 is 11.3 Å². The minimum absolute atomic E-state index is 0.193. The van der Waals surface area contributed by atoms with Crippen LogP contribution in [0.1, 0.15) is 30.8 Å². The van der Waals surface area contributed by atoms with E-state index in [0.717, 1.165) is 62.6 Å². The normalized spacial score (nSPS) is 25.6. The van der Waals surface area contributed by atoms with Crippen LogP contribution in [-0.2, 0) is 11.3 Å². The van der Waals surface area contributed by atoms with Crippen molar-refractivity contribution in [3.63, 3.8) is 0 Å². The molecule has 122 valence electrons. The molecular weight excluding hydrogens is 308 g/mol. The fourth-order valence-electron chi connectivity index (χ4n) is 4.01. The topological polar surface area (TPSA) is 36.7 Å². The predicted octanol–water partition coefficient (Wildman–Crippen LogP) is 3.67. The van der Waals surface area contributed by atoms with Gasteiger partial charge in [-0.25, -0.2) is 0 Å². The highest BCUT2D eigenvalue weighted by atomic mass is 32.1. The van der Waals surface area contributed by atoms with Crippen molar-refractivity contribution in [1.82, 2.24) is 4.90 Å². The van der Waals surface area contributed by atoms with Gasteiger partial charge in [0.2, 0.25) is 5.91 Å². The van der Waals surface area contributed by atoms with Crippen molar-refractivity contribution in [2.75, 3.05) is 24.5 Å². The van der Waals surface area contributed by atoms with E-state index < -0.39 is 0 Å². The highest BCUT2D eigenvalue weighted by Crippen LogP contribution is 2.42. The molecule has 4 rings (SSSR count). The van der Waals surface area contributed by atoms with Crippen LogP contribution < -0.4 is 4.90 Å². The molecule has 2 saturated heterocycles. The molecule has 0 unspecified atom stereocenters. The molecule has 0 saturated carbocycles. The van der Waals surface area contributed by atoms with Crippen LogP contribution in [0.25, 0.3) is 0 Å². The van der Waals surface area contributed by atoms with E-state index in [1.807, 2.05) is 35.4 Å². The van der Waals surface area contributed by atoms with E-state index in [1.54, 1.807) is 11.3 Å². The van der Waals surface area contributed by atoms with Gasteiger partial charge in [0.25, 0.3) is 0 Å². The third-order valence-corrected chi connectivity index (χ3v) is 5.83. The van der Waals surface area contributed by atoms with Gasteiger partial charge in [-0.05, 0) is 56.3 Å². The standard InChI is InChI=1S/C18H22N2O2S/c1-14-3-4-16(22-14)11-19-8-2-6-18(13-19)7-9-20(17(18)21)15-5-10-23-12-15/h3-5,10,12H,2,6-9,11,13H2,1H3/t18-/m1/s1. The molecule has 5 heteroatoms. The van der Waals surface area contributed by atoms with E-state index >= 15 is 0 Å². The molecule has 4 heterocycles. The molecule has 2 aromatic rings. The van der Waals surface area contributed by atoms with Crippen molar-refractivity contribution in [3.8, 4) is 0 Å². The van der Waals surface area contributed by atoms with E-state index in [9.17, 15) is 4.79 Å². The van der Waals surface area contributed by atoms with Crippen molar-refractivity contribution in [2.45, 2.75) is 32.7 Å². The Balaban J connectivity index is 1.49. The molecule has 0 aromatic carbocycles. The Morgan fingerprint density at radius 3 is 2.91 bits per heavy atom. The second-order valence-corrected chi connectivity index (χ2v) is 7.58. The summed E-state index contributed by atoms with van der Waals surface area (Å²) in [4.78, 5) is 17.4. The highest BCUT2D eigenvalue weighted by Gasteiger charge is 2.49. The second kappa shape index (κ2) is 5.80. The number of carbonyl (C=O) groups excluding carboxylic acids is 1. The van der Waals surface area contributed by atoms with Gasteiger partial charge in [-0.2, -0.15) is 11.3 Å². The lowest BCUT2D eigenvalue weighted by atomic mass is 9.78. The molecule has 1 spiro atoms. The number of carbonyl (C=O) groups is 1. The lowest BCUT2D eigenvalue weighted by molar-refractivity contribution is -0.128. The predicted molar refractivity (Wildman–Crippen MR) is 91.7 cm³/mol. The molecular formula is C18H22N2O2S. The third-order valence-electron chi connectivity index (χ3n) is 5.16. The number of aryl methyl sites for hydroxylation is 1. The molecule has 0 N–H and O–H groups in total. The van der Waals surface area contributed by atoms with Crippen molar-refractivity contribution in [1.29, 1.82) is 0 Å². The first-order valence-electron chi connectivity index (χ1n) is 8.28. The number of likely N-dealkylation sites (tertiary alicyclic amines) is 1. The summed E-state index contributed by atoms with van der Waals surface area (Å²) < 4.78 is 5.71. The number of hydrogen-bond acceptors (Lipinski definition) is 4. The maximum Gasteiger partial charge on any atom is 0.234 e. The van der Waals surface area contributed by atoms with E-state index in [4.69, 9.17) is 4.42 Å². The molecule has 1 amide bonds. The summed E-state index contributed by atoms with van der Waals surface area (Å²) in [5.41, 5.74) is 0.873. The molecule has 2 aliphatic rings. The van der Waals surface area contributed by atoms with Crippen molar-refractivity contribution in [3.05, 3.63) is 40.5 Å². The number of amides is 1. The van der Waals surface area contributed by atoms with Crippen LogP contribution in [0.2, 0.25) is 0 Å². The summed E-state index contributed by atoms with van der Waals surface area (Å²) >= 11 is 1.65. The number of hydrogen-bond donors (Lipinski definition) is 0. The average Bonchev–Trinajstić information content (AvgIpc) is 3.24. The van der Waals surface area contributed by atoms with Crippen molar-refractivity contribution >= 4 is 22.9 Å². The lowest BCUT2D eigenvalue weighted by Gasteiger charge is -2.38. The quantitative estimate of drug-likeness (QED) is 0.861. The van der Waals surface area contributed by atoms with E-state index in [-0.39, 0.29) is 5.41 Å². The first-order chi connectivity index (χ1) is 11.2. The van der Waals surface area contributed by atoms with Gasteiger partial charge in [0.1, 0.15) is 11.5 Å². The maximum absolute atomic E-state index is 13.1. The second-order valence-electron chi connectivity index (χ2n) is 6.80. The summed E-state index contributed by atoms with van der Waals surface area (Å²) in [6.45, 7) is 5.53. The summed E-state index contributed by atoms with van der Waals surface area (Å²) in [7, 11) is 0. The summed E-state index contributed by atoms with van der Waals surface area (Å²) in [6.07, 6.45) is 3.07. The fraction of sp³-hybridized carbons (Fsp3) is 0.500. The zero-order valence-corrected chi connectivity index (χ0v) is 14.3. The zero-order chi connectivity index (χ0) is 15.9. The number of nitrogens with zero attached hydrogens (tertiary/aromatic N) is 2. The molecule has 4 nitrogen and oxygen atoms in total. The summed E-state index contributed by atoms with van der Waals surface area (Å²) in [6, 6.07) is 6.10. The van der Waals surface area contributed by atoms with Crippen LogP contribution in [-0.4, -0.2) is 30.4 Å². The molecule has 0 aliphatic carbocycles. The van der Waals surface area contributed by atoms with Crippen LogP contribution in [0, 0.1) is 12.3 Å². The largest absolute Gasteiger partial charge is 0.465 e. The van der Waals surface area contributed by atoms with Gasteiger partial charge < -0.3 is 9.32 Å². The molecule has 23 heavy (non-hydrogen) atoms. The molecule has 2 aromatic heterocycles. The minimum Gasteiger partial charge on any atom is -0.465 e. The first kappa shape index (κ1) is 15.0. The molecule has 0 radical (unpaired) electrons. The van der Waals surface area contributed by atoms with Crippen molar-refractivity contribution < 1.29 is 9.21 Å². The van der Waals surface area contributed by atoms with E-state index in [2.05, 4.69) is 10.3 Å². The van der Waals surface area contributed by atoms with E-state index in [1.165, 1.54) is 0 Å².